The van der Waals surface area contributed by atoms with Gasteiger partial charge in [0, 0.05) is 36.8 Å². The van der Waals surface area contributed by atoms with Crippen molar-refractivity contribution in [2.24, 2.45) is 13.0 Å². The second-order valence-electron chi connectivity index (χ2n) is 8.78. The maximum atomic E-state index is 13.4. The summed E-state index contributed by atoms with van der Waals surface area (Å²) in [5.74, 6) is 0.708. The normalized spacial score (nSPS) is 20.0. The fourth-order valence-electron chi connectivity index (χ4n) is 4.83. The summed E-state index contributed by atoms with van der Waals surface area (Å²) in [7, 11) is 1.84. The molecule has 2 aliphatic rings. The van der Waals surface area contributed by atoms with Crippen LogP contribution in [0.4, 0.5) is 0 Å². The molecule has 4 heterocycles. The van der Waals surface area contributed by atoms with Crippen molar-refractivity contribution in [3.63, 3.8) is 0 Å². The van der Waals surface area contributed by atoms with E-state index in [0.29, 0.717) is 24.6 Å². The smallest absolute Gasteiger partial charge is 0.262 e. The summed E-state index contributed by atoms with van der Waals surface area (Å²) in [6.07, 6.45) is 8.08. The molecular weight excluding hydrogens is 398 g/mol. The number of carbonyl (C=O) groups is 1. The summed E-state index contributed by atoms with van der Waals surface area (Å²) in [5.41, 5.74) is 2.87. The fraction of sp³-hybridized carbons (Fsp3) is 0.545. The van der Waals surface area contributed by atoms with Crippen LogP contribution in [0.1, 0.15) is 58.7 Å². The number of hydrogen-bond acceptors (Lipinski definition) is 5. The average molecular weight is 426 g/mol. The van der Waals surface area contributed by atoms with Crippen molar-refractivity contribution < 1.29 is 4.79 Å². The quantitative estimate of drug-likeness (QED) is 0.632. The lowest BCUT2D eigenvalue weighted by molar-refractivity contribution is 0.0692. The number of nitrogens with zero attached hydrogens (tertiary/aromatic N) is 5. The molecule has 0 radical (unpaired) electrons. The van der Waals surface area contributed by atoms with Gasteiger partial charge in [-0.05, 0) is 50.5 Å². The van der Waals surface area contributed by atoms with E-state index in [9.17, 15) is 9.59 Å². The van der Waals surface area contributed by atoms with Gasteiger partial charge < -0.3 is 4.90 Å². The predicted octanol–water partition coefficient (Wildman–Crippen LogP) is 3.10. The van der Waals surface area contributed by atoms with Gasteiger partial charge in [-0.2, -0.15) is 5.10 Å². The Labute approximate surface area is 179 Å². The number of carbonyl (C=O) groups excluding carboxylic acids is 1. The Kier molecular flexibility index (Phi) is 4.76. The highest BCUT2D eigenvalue weighted by Gasteiger charge is 2.29. The van der Waals surface area contributed by atoms with Gasteiger partial charge in [0.05, 0.1) is 23.5 Å². The third-order valence-electron chi connectivity index (χ3n) is 6.85. The zero-order valence-electron chi connectivity index (χ0n) is 17.7. The summed E-state index contributed by atoms with van der Waals surface area (Å²) >= 11 is 1.69. The summed E-state index contributed by atoms with van der Waals surface area (Å²) in [4.78, 5) is 35.0. The molecule has 1 saturated heterocycles. The average Bonchev–Trinajstić information content (AvgIpc) is 3.28. The molecule has 3 aromatic rings. The van der Waals surface area contributed by atoms with Crippen LogP contribution < -0.4 is 5.56 Å². The summed E-state index contributed by atoms with van der Waals surface area (Å²) in [6, 6.07) is 0.0894. The van der Waals surface area contributed by atoms with Crippen molar-refractivity contribution in [2.75, 3.05) is 13.1 Å². The number of rotatable bonds is 2. The summed E-state index contributed by atoms with van der Waals surface area (Å²) in [5, 5.41) is 5.03. The molecule has 1 aliphatic heterocycles. The Bertz CT molecular complexity index is 1180. The first-order valence-corrected chi connectivity index (χ1v) is 11.5. The van der Waals surface area contributed by atoms with Crippen molar-refractivity contribution in [2.45, 2.75) is 52.0 Å². The number of likely N-dealkylation sites (tertiary alicyclic amines) is 1. The SMILES string of the molecule is Cc1c(C(=O)N2CCC(n3cnc4sc5c(c4c3=O)CCC(C)C5)CC2)cnn1C. The highest BCUT2D eigenvalue weighted by Crippen LogP contribution is 2.36. The third kappa shape index (κ3) is 3.09. The van der Waals surface area contributed by atoms with Crippen molar-refractivity contribution in [3.8, 4) is 0 Å². The zero-order chi connectivity index (χ0) is 21.0. The number of thiophene rings is 1. The molecule has 8 heteroatoms. The lowest BCUT2D eigenvalue weighted by Gasteiger charge is -2.32. The van der Waals surface area contributed by atoms with Gasteiger partial charge in [0.25, 0.3) is 11.5 Å². The van der Waals surface area contributed by atoms with Crippen LogP contribution in [-0.4, -0.2) is 43.2 Å². The van der Waals surface area contributed by atoms with E-state index in [1.54, 1.807) is 28.5 Å². The Morgan fingerprint density at radius 1 is 1.23 bits per heavy atom. The molecule has 1 unspecified atom stereocenters. The number of hydrogen-bond donors (Lipinski definition) is 0. The zero-order valence-corrected chi connectivity index (χ0v) is 18.5. The Hall–Kier alpha value is -2.48. The molecule has 0 bridgehead atoms. The summed E-state index contributed by atoms with van der Waals surface area (Å²) < 4.78 is 3.55. The maximum absolute atomic E-state index is 13.4. The second kappa shape index (κ2) is 7.34. The van der Waals surface area contributed by atoms with E-state index in [2.05, 4.69) is 17.0 Å². The van der Waals surface area contributed by atoms with Gasteiger partial charge in [-0.3, -0.25) is 18.8 Å². The van der Waals surface area contributed by atoms with Crippen LogP contribution in [0.15, 0.2) is 17.3 Å². The van der Waals surface area contributed by atoms with Crippen LogP contribution >= 0.6 is 11.3 Å². The van der Waals surface area contributed by atoms with E-state index < -0.39 is 0 Å². The minimum Gasteiger partial charge on any atom is -0.338 e. The number of amides is 1. The molecule has 158 valence electrons. The van der Waals surface area contributed by atoms with Crippen LogP contribution in [0.25, 0.3) is 10.2 Å². The van der Waals surface area contributed by atoms with E-state index in [1.807, 2.05) is 23.4 Å². The molecule has 3 aromatic heterocycles. The molecular formula is C22H27N5O2S. The first-order chi connectivity index (χ1) is 14.4. The van der Waals surface area contributed by atoms with Crippen LogP contribution in [0.5, 0.6) is 0 Å². The van der Waals surface area contributed by atoms with E-state index in [4.69, 9.17) is 0 Å². The fourth-order valence-corrected chi connectivity index (χ4v) is 6.17. The molecule has 0 N–H and O–H groups in total. The minimum atomic E-state index is 0.0287. The Morgan fingerprint density at radius 3 is 2.70 bits per heavy atom. The van der Waals surface area contributed by atoms with Gasteiger partial charge in [0.15, 0.2) is 0 Å². The molecule has 0 saturated carbocycles. The first-order valence-electron chi connectivity index (χ1n) is 10.7. The lowest BCUT2D eigenvalue weighted by Crippen LogP contribution is -2.41. The molecule has 1 fully saturated rings. The molecule has 1 aliphatic carbocycles. The molecule has 1 atom stereocenters. The van der Waals surface area contributed by atoms with Gasteiger partial charge in [0.2, 0.25) is 0 Å². The number of aromatic nitrogens is 4. The van der Waals surface area contributed by atoms with Gasteiger partial charge in [0.1, 0.15) is 4.83 Å². The Balaban J connectivity index is 1.37. The van der Waals surface area contributed by atoms with Crippen molar-refractivity contribution >= 4 is 27.5 Å². The second-order valence-corrected chi connectivity index (χ2v) is 9.86. The van der Waals surface area contributed by atoms with Crippen molar-refractivity contribution in [3.05, 3.63) is 44.6 Å². The van der Waals surface area contributed by atoms with Gasteiger partial charge in [-0.1, -0.05) is 6.92 Å². The largest absolute Gasteiger partial charge is 0.338 e. The number of aryl methyl sites for hydroxylation is 2. The topological polar surface area (TPSA) is 73.0 Å². The van der Waals surface area contributed by atoms with Gasteiger partial charge in [-0.25, -0.2) is 4.98 Å². The molecule has 1 amide bonds. The lowest BCUT2D eigenvalue weighted by atomic mass is 9.89. The van der Waals surface area contributed by atoms with Crippen LogP contribution in [0.2, 0.25) is 0 Å². The monoisotopic (exact) mass is 425 g/mol. The first kappa shape index (κ1) is 19.5. The highest BCUT2D eigenvalue weighted by atomic mass is 32.1. The van der Waals surface area contributed by atoms with E-state index in [-0.39, 0.29) is 17.5 Å². The van der Waals surface area contributed by atoms with Gasteiger partial charge >= 0.3 is 0 Å². The molecule has 5 rings (SSSR count). The van der Waals surface area contributed by atoms with Crippen LogP contribution in [0.3, 0.4) is 0 Å². The maximum Gasteiger partial charge on any atom is 0.262 e. The molecule has 0 aromatic carbocycles. The van der Waals surface area contributed by atoms with Gasteiger partial charge in [-0.15, -0.1) is 11.3 Å². The standard InChI is InChI=1S/C22H27N5O2S/c1-13-4-5-16-18(10-13)30-20-19(16)22(29)27(12-23-20)15-6-8-26(9-7-15)21(28)17-11-24-25(3)14(17)2/h11-13,15H,4-10H2,1-3H3. The third-order valence-corrected chi connectivity index (χ3v) is 8.01. The number of fused-ring (bicyclic) bond motifs is 3. The van der Waals surface area contributed by atoms with Crippen LogP contribution in [0, 0.1) is 12.8 Å². The number of piperidine rings is 1. The predicted molar refractivity (Wildman–Crippen MR) is 117 cm³/mol. The van der Waals surface area contributed by atoms with E-state index in [0.717, 1.165) is 48.0 Å². The molecule has 30 heavy (non-hydrogen) atoms. The van der Waals surface area contributed by atoms with E-state index >= 15 is 0 Å². The minimum absolute atomic E-state index is 0.0287. The van der Waals surface area contributed by atoms with Crippen molar-refractivity contribution in [1.29, 1.82) is 0 Å². The van der Waals surface area contributed by atoms with Crippen molar-refractivity contribution in [1.82, 2.24) is 24.2 Å². The van der Waals surface area contributed by atoms with Crippen LogP contribution in [-0.2, 0) is 19.9 Å². The Morgan fingerprint density at radius 2 is 2.00 bits per heavy atom. The molecule has 0 spiro atoms. The summed E-state index contributed by atoms with van der Waals surface area (Å²) in [6.45, 7) is 5.47. The highest BCUT2D eigenvalue weighted by molar-refractivity contribution is 7.18. The molecule has 7 nitrogen and oxygen atoms in total. The van der Waals surface area contributed by atoms with E-state index in [1.165, 1.54) is 10.4 Å².